The lowest BCUT2D eigenvalue weighted by atomic mass is 10.2. The van der Waals surface area contributed by atoms with Crippen molar-refractivity contribution in [3.05, 3.63) is 29.8 Å². The second kappa shape index (κ2) is 6.03. The van der Waals surface area contributed by atoms with Gasteiger partial charge in [-0.3, -0.25) is 4.79 Å². The number of primary sulfonamides is 1. The van der Waals surface area contributed by atoms with Crippen LogP contribution >= 0.6 is 0 Å². The van der Waals surface area contributed by atoms with Crippen molar-refractivity contribution >= 4 is 15.9 Å². The standard InChI is InChI=1S/C14H20N2O4S/c1-10-5-3-4-6-13(10)20-9-11(2)16-8-12(7-14(16)17)21(15,18)19/h3-6,11-12H,7-9H2,1-2H3,(H2,15,18,19). The number of aryl methyl sites for hydroxylation is 1. The molecule has 1 aromatic carbocycles. The normalized spacial score (nSPS) is 20.6. The molecule has 0 aliphatic carbocycles. The number of hydrogen-bond donors (Lipinski definition) is 1. The average Bonchev–Trinajstić information content (AvgIpc) is 2.80. The summed E-state index contributed by atoms with van der Waals surface area (Å²) in [4.78, 5) is 13.4. The van der Waals surface area contributed by atoms with E-state index in [1.165, 1.54) is 4.90 Å². The van der Waals surface area contributed by atoms with E-state index in [9.17, 15) is 13.2 Å². The fourth-order valence-electron chi connectivity index (χ4n) is 2.36. The minimum absolute atomic E-state index is 0.0481. The molecule has 2 unspecified atom stereocenters. The predicted octanol–water partition coefficient (Wildman–Crippen LogP) is 0.652. The first kappa shape index (κ1) is 15.8. The Morgan fingerprint density at radius 3 is 2.67 bits per heavy atom. The van der Waals surface area contributed by atoms with E-state index in [2.05, 4.69) is 0 Å². The van der Waals surface area contributed by atoms with E-state index in [4.69, 9.17) is 9.88 Å². The highest BCUT2D eigenvalue weighted by Gasteiger charge is 2.38. The van der Waals surface area contributed by atoms with Crippen molar-refractivity contribution in [3.8, 4) is 5.75 Å². The molecule has 0 radical (unpaired) electrons. The summed E-state index contributed by atoms with van der Waals surface area (Å²) in [6, 6.07) is 7.40. The van der Waals surface area contributed by atoms with Crippen molar-refractivity contribution < 1.29 is 17.9 Å². The van der Waals surface area contributed by atoms with Gasteiger partial charge in [0.25, 0.3) is 0 Å². The zero-order valence-corrected chi connectivity index (χ0v) is 13.0. The number of carbonyl (C=O) groups excluding carboxylic acids is 1. The van der Waals surface area contributed by atoms with E-state index in [1.54, 1.807) is 0 Å². The number of para-hydroxylation sites is 1. The zero-order valence-electron chi connectivity index (χ0n) is 12.2. The fraction of sp³-hybridized carbons (Fsp3) is 0.500. The van der Waals surface area contributed by atoms with Gasteiger partial charge in [0, 0.05) is 13.0 Å². The first-order chi connectivity index (χ1) is 9.79. The first-order valence-electron chi connectivity index (χ1n) is 6.78. The van der Waals surface area contributed by atoms with Crippen LogP contribution in [0.1, 0.15) is 18.9 Å². The van der Waals surface area contributed by atoms with Crippen LogP contribution in [0.15, 0.2) is 24.3 Å². The molecule has 2 rings (SSSR count). The molecule has 1 saturated heterocycles. The van der Waals surface area contributed by atoms with Crippen LogP contribution in [0.2, 0.25) is 0 Å². The van der Waals surface area contributed by atoms with Gasteiger partial charge in [0.05, 0.1) is 6.04 Å². The molecule has 116 valence electrons. The molecule has 1 fully saturated rings. The predicted molar refractivity (Wildman–Crippen MR) is 79.4 cm³/mol. The third kappa shape index (κ3) is 3.74. The van der Waals surface area contributed by atoms with Crippen molar-refractivity contribution in [2.24, 2.45) is 5.14 Å². The van der Waals surface area contributed by atoms with Gasteiger partial charge >= 0.3 is 0 Å². The van der Waals surface area contributed by atoms with E-state index in [0.717, 1.165) is 11.3 Å². The molecular formula is C14H20N2O4S. The Labute approximate surface area is 124 Å². The molecule has 21 heavy (non-hydrogen) atoms. The smallest absolute Gasteiger partial charge is 0.224 e. The first-order valence-corrected chi connectivity index (χ1v) is 8.39. The lowest BCUT2D eigenvalue weighted by molar-refractivity contribution is -0.129. The molecule has 0 bridgehead atoms. The summed E-state index contributed by atoms with van der Waals surface area (Å²) in [5.41, 5.74) is 1.01. The maximum atomic E-state index is 11.9. The van der Waals surface area contributed by atoms with Gasteiger partial charge < -0.3 is 9.64 Å². The van der Waals surface area contributed by atoms with Gasteiger partial charge in [-0.2, -0.15) is 0 Å². The summed E-state index contributed by atoms with van der Waals surface area (Å²) in [5, 5.41) is 4.30. The van der Waals surface area contributed by atoms with E-state index in [1.807, 2.05) is 38.1 Å². The number of carbonyl (C=O) groups is 1. The Bertz CT molecular complexity index is 630. The van der Waals surface area contributed by atoms with Gasteiger partial charge in [-0.1, -0.05) is 18.2 Å². The second-order valence-electron chi connectivity index (χ2n) is 5.39. The van der Waals surface area contributed by atoms with Gasteiger partial charge in [0.15, 0.2) is 0 Å². The van der Waals surface area contributed by atoms with Crippen LogP contribution in [0.5, 0.6) is 5.75 Å². The van der Waals surface area contributed by atoms with Crippen molar-refractivity contribution in [3.63, 3.8) is 0 Å². The summed E-state index contributed by atoms with van der Waals surface area (Å²) >= 11 is 0. The van der Waals surface area contributed by atoms with Gasteiger partial charge in [-0.25, -0.2) is 13.6 Å². The van der Waals surface area contributed by atoms with E-state index >= 15 is 0 Å². The molecule has 0 aromatic heterocycles. The van der Waals surface area contributed by atoms with Gasteiger partial charge in [-0.05, 0) is 25.5 Å². The monoisotopic (exact) mass is 312 g/mol. The van der Waals surface area contributed by atoms with E-state index in [-0.39, 0.29) is 24.9 Å². The molecule has 0 saturated carbocycles. The molecule has 1 aromatic rings. The summed E-state index contributed by atoms with van der Waals surface area (Å²) in [6.45, 7) is 4.23. The Kier molecular flexibility index (Phi) is 4.53. The number of hydrogen-bond acceptors (Lipinski definition) is 4. The van der Waals surface area contributed by atoms with Crippen molar-refractivity contribution in [1.29, 1.82) is 0 Å². The second-order valence-corrected chi connectivity index (χ2v) is 7.23. The quantitative estimate of drug-likeness (QED) is 0.864. The molecule has 7 heteroatoms. The Hall–Kier alpha value is -1.60. The topological polar surface area (TPSA) is 89.7 Å². The largest absolute Gasteiger partial charge is 0.491 e. The highest BCUT2D eigenvalue weighted by Crippen LogP contribution is 2.21. The molecule has 1 amide bonds. The van der Waals surface area contributed by atoms with Crippen LogP contribution in [0, 0.1) is 6.92 Å². The lowest BCUT2D eigenvalue weighted by Crippen LogP contribution is -2.40. The number of ether oxygens (including phenoxy) is 1. The van der Waals surface area contributed by atoms with E-state index in [0.29, 0.717) is 6.61 Å². The Morgan fingerprint density at radius 1 is 1.43 bits per heavy atom. The van der Waals surface area contributed by atoms with E-state index < -0.39 is 15.3 Å². The molecule has 1 aliphatic heterocycles. The minimum Gasteiger partial charge on any atom is -0.491 e. The number of likely N-dealkylation sites (tertiary alicyclic amines) is 1. The van der Waals surface area contributed by atoms with Crippen molar-refractivity contribution in [2.75, 3.05) is 13.2 Å². The number of benzene rings is 1. The number of sulfonamides is 1. The molecule has 1 aliphatic rings. The SMILES string of the molecule is Cc1ccccc1OCC(C)N1CC(S(N)(=O)=O)CC1=O. The van der Waals surface area contributed by atoms with Crippen LogP contribution in [0.4, 0.5) is 0 Å². The van der Waals surface area contributed by atoms with Crippen LogP contribution in [-0.2, 0) is 14.8 Å². The highest BCUT2D eigenvalue weighted by molar-refractivity contribution is 7.89. The number of nitrogens with zero attached hydrogens (tertiary/aromatic N) is 1. The fourth-order valence-corrected chi connectivity index (χ4v) is 3.11. The van der Waals surface area contributed by atoms with Gasteiger partial charge in [0.1, 0.15) is 17.6 Å². The van der Waals surface area contributed by atoms with Crippen molar-refractivity contribution in [2.45, 2.75) is 31.6 Å². The Balaban J connectivity index is 1.97. The summed E-state index contributed by atoms with van der Waals surface area (Å²) in [5.74, 6) is 0.564. The molecule has 2 atom stereocenters. The molecule has 2 N–H and O–H groups in total. The Morgan fingerprint density at radius 2 is 2.10 bits per heavy atom. The zero-order chi connectivity index (χ0) is 15.6. The van der Waals surface area contributed by atoms with Crippen LogP contribution in [-0.4, -0.2) is 43.7 Å². The van der Waals surface area contributed by atoms with Crippen LogP contribution < -0.4 is 9.88 Å². The van der Waals surface area contributed by atoms with Crippen LogP contribution in [0.25, 0.3) is 0 Å². The van der Waals surface area contributed by atoms with Gasteiger partial charge in [-0.15, -0.1) is 0 Å². The van der Waals surface area contributed by atoms with Crippen LogP contribution in [0.3, 0.4) is 0 Å². The number of rotatable bonds is 5. The maximum absolute atomic E-state index is 11.9. The molecular weight excluding hydrogens is 292 g/mol. The van der Waals surface area contributed by atoms with Crippen molar-refractivity contribution in [1.82, 2.24) is 4.90 Å². The minimum atomic E-state index is -3.68. The number of amides is 1. The molecule has 1 heterocycles. The lowest BCUT2D eigenvalue weighted by Gasteiger charge is -2.25. The average molecular weight is 312 g/mol. The third-order valence-electron chi connectivity index (χ3n) is 3.69. The maximum Gasteiger partial charge on any atom is 0.224 e. The highest BCUT2D eigenvalue weighted by atomic mass is 32.2. The summed E-state index contributed by atoms with van der Waals surface area (Å²) in [6.07, 6.45) is -0.0481. The molecule has 6 nitrogen and oxygen atoms in total. The summed E-state index contributed by atoms with van der Waals surface area (Å²) in [7, 11) is -3.68. The number of nitrogens with two attached hydrogens (primary N) is 1. The molecule has 0 spiro atoms. The third-order valence-corrected chi connectivity index (χ3v) is 4.94. The van der Waals surface area contributed by atoms with Gasteiger partial charge in [0.2, 0.25) is 15.9 Å². The summed E-state index contributed by atoms with van der Waals surface area (Å²) < 4.78 is 28.4.